The molecule has 0 aromatic carbocycles. The SMILES string of the molecule is CCN1CCCC(NC(C)C)C1=O. The summed E-state index contributed by atoms with van der Waals surface area (Å²) < 4.78 is 0. The minimum absolute atomic E-state index is 0.0636. The molecule has 0 saturated carbocycles. The average molecular weight is 184 g/mol. The van der Waals surface area contributed by atoms with Gasteiger partial charge in [-0.3, -0.25) is 4.79 Å². The van der Waals surface area contributed by atoms with Gasteiger partial charge in [0, 0.05) is 19.1 Å². The lowest BCUT2D eigenvalue weighted by molar-refractivity contribution is -0.135. The molecule has 1 aliphatic rings. The van der Waals surface area contributed by atoms with Crippen molar-refractivity contribution < 1.29 is 4.79 Å². The minimum Gasteiger partial charge on any atom is -0.342 e. The van der Waals surface area contributed by atoms with Crippen LogP contribution in [0.25, 0.3) is 0 Å². The monoisotopic (exact) mass is 184 g/mol. The number of nitrogens with one attached hydrogen (secondary N) is 1. The van der Waals surface area contributed by atoms with E-state index in [-0.39, 0.29) is 11.9 Å². The fraction of sp³-hybridized carbons (Fsp3) is 0.900. The van der Waals surface area contributed by atoms with Gasteiger partial charge in [-0.05, 0) is 19.8 Å². The Hall–Kier alpha value is -0.570. The van der Waals surface area contributed by atoms with Crippen molar-refractivity contribution >= 4 is 5.91 Å². The lowest BCUT2D eigenvalue weighted by Crippen LogP contribution is -2.52. The second-order valence-electron chi connectivity index (χ2n) is 3.93. The molecule has 13 heavy (non-hydrogen) atoms. The largest absolute Gasteiger partial charge is 0.342 e. The van der Waals surface area contributed by atoms with Crippen LogP contribution in [0.4, 0.5) is 0 Å². The number of carbonyl (C=O) groups is 1. The van der Waals surface area contributed by atoms with Gasteiger partial charge in [0.15, 0.2) is 0 Å². The number of rotatable bonds is 3. The van der Waals surface area contributed by atoms with Crippen LogP contribution in [0.1, 0.15) is 33.6 Å². The predicted molar refractivity (Wildman–Crippen MR) is 53.5 cm³/mol. The van der Waals surface area contributed by atoms with E-state index in [2.05, 4.69) is 19.2 Å². The second-order valence-corrected chi connectivity index (χ2v) is 3.93. The van der Waals surface area contributed by atoms with E-state index in [0.717, 1.165) is 25.9 Å². The first-order valence-corrected chi connectivity index (χ1v) is 5.20. The highest BCUT2D eigenvalue weighted by Crippen LogP contribution is 2.11. The van der Waals surface area contributed by atoms with Crippen molar-refractivity contribution in [3.05, 3.63) is 0 Å². The van der Waals surface area contributed by atoms with Crippen molar-refractivity contribution in [1.29, 1.82) is 0 Å². The molecule has 0 aliphatic carbocycles. The molecule has 1 unspecified atom stereocenters. The fourth-order valence-electron chi connectivity index (χ4n) is 1.81. The highest BCUT2D eigenvalue weighted by molar-refractivity contribution is 5.82. The third-order valence-corrected chi connectivity index (χ3v) is 2.45. The Balaban J connectivity index is 2.50. The minimum atomic E-state index is 0.0636. The van der Waals surface area contributed by atoms with E-state index in [1.807, 2.05) is 11.8 Å². The molecule has 1 N–H and O–H groups in total. The van der Waals surface area contributed by atoms with Crippen molar-refractivity contribution in [1.82, 2.24) is 10.2 Å². The van der Waals surface area contributed by atoms with Crippen LogP contribution in [0.15, 0.2) is 0 Å². The van der Waals surface area contributed by atoms with E-state index in [4.69, 9.17) is 0 Å². The maximum atomic E-state index is 11.8. The summed E-state index contributed by atoms with van der Waals surface area (Å²) in [5.74, 6) is 0.280. The zero-order valence-electron chi connectivity index (χ0n) is 8.84. The summed E-state index contributed by atoms with van der Waals surface area (Å²) in [6.07, 6.45) is 2.12. The molecule has 0 aromatic heterocycles. The quantitative estimate of drug-likeness (QED) is 0.709. The van der Waals surface area contributed by atoms with Gasteiger partial charge in [-0.15, -0.1) is 0 Å². The standard InChI is InChI=1S/C10H20N2O/c1-4-12-7-5-6-9(10(12)13)11-8(2)3/h8-9,11H,4-7H2,1-3H3. The van der Waals surface area contributed by atoms with E-state index >= 15 is 0 Å². The first-order chi connectivity index (χ1) is 6.15. The zero-order chi connectivity index (χ0) is 9.84. The summed E-state index contributed by atoms with van der Waals surface area (Å²) in [6.45, 7) is 7.98. The van der Waals surface area contributed by atoms with Crippen molar-refractivity contribution in [3.63, 3.8) is 0 Å². The lowest BCUT2D eigenvalue weighted by Gasteiger charge is -2.32. The van der Waals surface area contributed by atoms with Gasteiger partial charge in [0.25, 0.3) is 0 Å². The van der Waals surface area contributed by atoms with Crippen LogP contribution in [0, 0.1) is 0 Å². The summed E-state index contributed by atoms with van der Waals surface area (Å²) in [6, 6.07) is 0.458. The van der Waals surface area contributed by atoms with Gasteiger partial charge < -0.3 is 10.2 Å². The van der Waals surface area contributed by atoms with Crippen LogP contribution in [-0.4, -0.2) is 36.0 Å². The lowest BCUT2D eigenvalue weighted by atomic mass is 10.0. The van der Waals surface area contributed by atoms with Gasteiger partial charge in [0.2, 0.25) is 5.91 Å². The molecular formula is C10H20N2O. The number of likely N-dealkylation sites (N-methyl/N-ethyl adjacent to an activating group) is 1. The van der Waals surface area contributed by atoms with Crippen molar-refractivity contribution in [2.24, 2.45) is 0 Å². The van der Waals surface area contributed by atoms with Crippen LogP contribution in [0.2, 0.25) is 0 Å². The molecule has 3 heteroatoms. The molecular weight excluding hydrogens is 164 g/mol. The Morgan fingerprint density at radius 2 is 2.31 bits per heavy atom. The predicted octanol–water partition coefficient (Wildman–Crippen LogP) is 0.995. The zero-order valence-corrected chi connectivity index (χ0v) is 8.84. The summed E-state index contributed by atoms with van der Waals surface area (Å²) in [4.78, 5) is 13.7. The van der Waals surface area contributed by atoms with E-state index in [1.165, 1.54) is 0 Å². The second kappa shape index (κ2) is 4.61. The molecule has 1 fully saturated rings. The average Bonchev–Trinajstić information content (AvgIpc) is 2.08. The Labute approximate surface area is 80.5 Å². The van der Waals surface area contributed by atoms with E-state index in [0.29, 0.717) is 6.04 Å². The molecule has 1 amide bonds. The molecule has 1 heterocycles. The first-order valence-electron chi connectivity index (χ1n) is 5.20. The Morgan fingerprint density at radius 1 is 1.62 bits per heavy atom. The van der Waals surface area contributed by atoms with Gasteiger partial charge in [0.05, 0.1) is 6.04 Å². The summed E-state index contributed by atoms with van der Waals surface area (Å²) in [7, 11) is 0. The van der Waals surface area contributed by atoms with Crippen LogP contribution < -0.4 is 5.32 Å². The highest BCUT2D eigenvalue weighted by Gasteiger charge is 2.27. The van der Waals surface area contributed by atoms with E-state index in [9.17, 15) is 4.79 Å². The van der Waals surface area contributed by atoms with Crippen LogP contribution >= 0.6 is 0 Å². The molecule has 3 nitrogen and oxygen atoms in total. The number of amides is 1. The summed E-state index contributed by atoms with van der Waals surface area (Å²) in [5.41, 5.74) is 0. The third-order valence-electron chi connectivity index (χ3n) is 2.45. The Morgan fingerprint density at radius 3 is 2.85 bits per heavy atom. The van der Waals surface area contributed by atoms with Gasteiger partial charge in [-0.2, -0.15) is 0 Å². The van der Waals surface area contributed by atoms with E-state index in [1.54, 1.807) is 0 Å². The normalized spacial score (nSPS) is 24.2. The molecule has 1 atom stereocenters. The Kier molecular flexibility index (Phi) is 3.72. The molecule has 0 bridgehead atoms. The first kappa shape index (κ1) is 10.5. The number of likely N-dealkylation sites (tertiary alicyclic amines) is 1. The van der Waals surface area contributed by atoms with Crippen molar-refractivity contribution in [2.75, 3.05) is 13.1 Å². The van der Waals surface area contributed by atoms with Crippen molar-refractivity contribution in [2.45, 2.75) is 45.7 Å². The van der Waals surface area contributed by atoms with Gasteiger partial charge in [-0.1, -0.05) is 13.8 Å². The van der Waals surface area contributed by atoms with Crippen LogP contribution in [0.3, 0.4) is 0 Å². The molecule has 1 rings (SSSR count). The van der Waals surface area contributed by atoms with Gasteiger partial charge >= 0.3 is 0 Å². The highest BCUT2D eigenvalue weighted by atomic mass is 16.2. The molecule has 1 aliphatic heterocycles. The van der Waals surface area contributed by atoms with Crippen LogP contribution in [-0.2, 0) is 4.79 Å². The van der Waals surface area contributed by atoms with Gasteiger partial charge in [-0.25, -0.2) is 0 Å². The molecule has 0 radical (unpaired) electrons. The molecule has 76 valence electrons. The third kappa shape index (κ3) is 2.69. The molecule has 1 saturated heterocycles. The summed E-state index contributed by atoms with van der Waals surface area (Å²) >= 11 is 0. The smallest absolute Gasteiger partial charge is 0.239 e. The van der Waals surface area contributed by atoms with Crippen molar-refractivity contribution in [3.8, 4) is 0 Å². The van der Waals surface area contributed by atoms with Crippen LogP contribution in [0.5, 0.6) is 0 Å². The number of piperidine rings is 1. The van der Waals surface area contributed by atoms with E-state index < -0.39 is 0 Å². The number of carbonyl (C=O) groups excluding carboxylic acids is 1. The summed E-state index contributed by atoms with van der Waals surface area (Å²) in [5, 5.41) is 3.30. The maximum Gasteiger partial charge on any atom is 0.239 e. The fourth-order valence-corrected chi connectivity index (χ4v) is 1.81. The maximum absolute atomic E-state index is 11.8. The number of hydrogen-bond donors (Lipinski definition) is 1. The molecule has 0 spiro atoms. The van der Waals surface area contributed by atoms with Gasteiger partial charge in [0.1, 0.15) is 0 Å². The topological polar surface area (TPSA) is 32.3 Å². The number of hydrogen-bond acceptors (Lipinski definition) is 2. The Bertz CT molecular complexity index is 180. The number of nitrogens with zero attached hydrogens (tertiary/aromatic N) is 1. The molecule has 0 aromatic rings.